The van der Waals surface area contributed by atoms with Crippen molar-refractivity contribution in [1.82, 2.24) is 0 Å². The van der Waals surface area contributed by atoms with E-state index in [0.29, 0.717) is 26.0 Å². The summed E-state index contributed by atoms with van der Waals surface area (Å²) in [7, 11) is -1.98. The van der Waals surface area contributed by atoms with Crippen molar-refractivity contribution < 1.29 is 8.84 Å². The van der Waals surface area contributed by atoms with Crippen LogP contribution in [-0.4, -0.2) is 8.32 Å². The largest absolute Gasteiger partial charge is 0.540 e. The van der Waals surface area contributed by atoms with Crippen molar-refractivity contribution >= 4 is 58.4 Å². The lowest BCUT2D eigenvalue weighted by Crippen LogP contribution is -2.43. The maximum Gasteiger partial charge on any atom is 0.250 e. The van der Waals surface area contributed by atoms with Gasteiger partial charge in [0.1, 0.15) is 5.58 Å². The van der Waals surface area contributed by atoms with Crippen LogP contribution >= 0.6 is 39.1 Å². The van der Waals surface area contributed by atoms with Crippen LogP contribution in [0, 0.1) is 0 Å². The summed E-state index contributed by atoms with van der Waals surface area (Å²) in [6.45, 7) is 10.9. The van der Waals surface area contributed by atoms with Crippen LogP contribution in [0.4, 0.5) is 0 Å². The van der Waals surface area contributed by atoms with Gasteiger partial charge in [-0.15, -0.1) is 0 Å². The fourth-order valence-electron chi connectivity index (χ4n) is 1.59. The second-order valence-corrected chi connectivity index (χ2v) is 12.6. The first-order chi connectivity index (χ1) is 9.03. The molecule has 0 unspecified atom stereocenters. The standard InChI is InChI=1S/C14H17BrCl2O2Si/c1-14(2,3)20(4,5)19-12-11-9(17)6-8(16)7-10(11)18-13(12)15/h6-7H,1-5H3. The predicted molar refractivity (Wildman–Crippen MR) is 91.8 cm³/mol. The molecule has 0 fully saturated rings. The van der Waals surface area contributed by atoms with Crippen molar-refractivity contribution in [1.29, 1.82) is 0 Å². The third kappa shape index (κ3) is 2.89. The van der Waals surface area contributed by atoms with Gasteiger partial charge in [0, 0.05) is 11.1 Å². The molecule has 0 aliphatic carbocycles. The zero-order valence-electron chi connectivity index (χ0n) is 12.1. The van der Waals surface area contributed by atoms with Gasteiger partial charge < -0.3 is 8.84 Å². The first kappa shape index (κ1) is 16.2. The Labute approximate surface area is 138 Å². The molecule has 0 saturated carbocycles. The third-order valence-electron chi connectivity index (χ3n) is 3.79. The average Bonchev–Trinajstić information content (AvgIpc) is 2.52. The SMILES string of the molecule is CC(C)(C)[Si](C)(C)Oc1c(Br)oc2cc(Cl)cc(Cl)c12. The summed E-state index contributed by atoms with van der Waals surface area (Å²) in [5.74, 6) is 0.674. The van der Waals surface area contributed by atoms with Crippen LogP contribution in [0.25, 0.3) is 11.0 Å². The van der Waals surface area contributed by atoms with Crippen LogP contribution in [0.2, 0.25) is 28.2 Å². The van der Waals surface area contributed by atoms with E-state index in [0.717, 1.165) is 5.39 Å². The summed E-state index contributed by atoms with van der Waals surface area (Å²) in [4.78, 5) is 0. The number of furan rings is 1. The van der Waals surface area contributed by atoms with E-state index >= 15 is 0 Å². The molecule has 0 atom stereocenters. The molecule has 1 aromatic heterocycles. The molecule has 1 heterocycles. The Morgan fingerprint density at radius 2 is 1.80 bits per heavy atom. The van der Waals surface area contributed by atoms with Crippen molar-refractivity contribution in [2.45, 2.75) is 38.9 Å². The van der Waals surface area contributed by atoms with Crippen molar-refractivity contribution in [2.24, 2.45) is 0 Å². The van der Waals surface area contributed by atoms with E-state index in [4.69, 9.17) is 32.0 Å². The molecule has 0 N–H and O–H groups in total. The lowest BCUT2D eigenvalue weighted by Gasteiger charge is -2.36. The lowest BCUT2D eigenvalue weighted by molar-refractivity contribution is 0.473. The molecule has 0 bridgehead atoms. The van der Waals surface area contributed by atoms with Crippen molar-refractivity contribution in [2.75, 3.05) is 0 Å². The average molecular weight is 396 g/mol. The number of fused-ring (bicyclic) bond motifs is 1. The Balaban J connectivity index is 2.58. The fraction of sp³-hybridized carbons (Fsp3) is 0.429. The third-order valence-corrected chi connectivity index (χ3v) is 9.15. The second-order valence-electron chi connectivity index (χ2n) is 6.33. The molecule has 0 aliphatic heterocycles. The zero-order valence-corrected chi connectivity index (χ0v) is 16.2. The molecule has 0 radical (unpaired) electrons. The topological polar surface area (TPSA) is 22.4 Å². The first-order valence-electron chi connectivity index (χ1n) is 6.29. The maximum absolute atomic E-state index is 6.34. The van der Waals surface area contributed by atoms with Gasteiger partial charge in [0.05, 0.1) is 10.4 Å². The van der Waals surface area contributed by atoms with Crippen LogP contribution in [0.15, 0.2) is 21.2 Å². The van der Waals surface area contributed by atoms with E-state index in [1.807, 2.05) is 0 Å². The molecule has 0 spiro atoms. The smallest absolute Gasteiger partial charge is 0.250 e. The molecular formula is C14H17BrCl2O2Si. The maximum atomic E-state index is 6.34. The summed E-state index contributed by atoms with van der Waals surface area (Å²) in [6, 6.07) is 3.44. The highest BCUT2D eigenvalue weighted by Gasteiger charge is 2.40. The minimum atomic E-state index is -1.98. The molecule has 110 valence electrons. The minimum Gasteiger partial charge on any atom is -0.540 e. The monoisotopic (exact) mass is 394 g/mol. The van der Waals surface area contributed by atoms with Gasteiger partial charge in [0.25, 0.3) is 8.32 Å². The molecular weight excluding hydrogens is 379 g/mol. The minimum absolute atomic E-state index is 0.0922. The highest BCUT2D eigenvalue weighted by Crippen LogP contribution is 2.46. The molecule has 20 heavy (non-hydrogen) atoms. The molecule has 2 rings (SSSR count). The Morgan fingerprint density at radius 1 is 1.20 bits per heavy atom. The van der Waals surface area contributed by atoms with Crippen molar-refractivity contribution in [3.63, 3.8) is 0 Å². The van der Waals surface area contributed by atoms with E-state index in [1.54, 1.807) is 12.1 Å². The summed E-state index contributed by atoms with van der Waals surface area (Å²) in [5, 5.41) is 1.95. The Morgan fingerprint density at radius 3 is 2.35 bits per heavy atom. The van der Waals surface area contributed by atoms with Gasteiger partial charge in [-0.2, -0.15) is 0 Å². The normalized spacial score (nSPS) is 13.0. The van der Waals surface area contributed by atoms with Gasteiger partial charge in [-0.25, -0.2) is 0 Å². The van der Waals surface area contributed by atoms with E-state index in [1.165, 1.54) is 0 Å². The van der Waals surface area contributed by atoms with Gasteiger partial charge in [-0.3, -0.25) is 0 Å². The van der Waals surface area contributed by atoms with Gasteiger partial charge in [0.15, 0.2) is 5.75 Å². The van der Waals surface area contributed by atoms with Crippen molar-refractivity contribution in [3.8, 4) is 5.75 Å². The second kappa shape index (κ2) is 5.23. The number of hydrogen-bond acceptors (Lipinski definition) is 2. The van der Waals surface area contributed by atoms with Crippen molar-refractivity contribution in [3.05, 3.63) is 26.8 Å². The Bertz CT molecular complexity index is 659. The van der Waals surface area contributed by atoms with Crippen LogP contribution in [-0.2, 0) is 0 Å². The quantitative estimate of drug-likeness (QED) is 0.516. The number of rotatable bonds is 2. The first-order valence-corrected chi connectivity index (χ1v) is 10.7. The number of benzene rings is 1. The predicted octanol–water partition coefficient (Wildman–Crippen LogP) is 6.89. The van der Waals surface area contributed by atoms with E-state index in [-0.39, 0.29) is 5.04 Å². The number of hydrogen-bond donors (Lipinski definition) is 0. The highest BCUT2D eigenvalue weighted by atomic mass is 79.9. The molecule has 2 aromatic rings. The van der Waals surface area contributed by atoms with Gasteiger partial charge in [-0.1, -0.05) is 44.0 Å². The molecule has 0 amide bonds. The van der Waals surface area contributed by atoms with Crippen LogP contribution in [0.1, 0.15) is 20.8 Å². The number of halogens is 3. The summed E-state index contributed by atoms with van der Waals surface area (Å²) in [5.41, 5.74) is 0.628. The lowest BCUT2D eigenvalue weighted by atomic mass is 10.2. The summed E-state index contributed by atoms with van der Waals surface area (Å²) < 4.78 is 12.6. The Hall–Kier alpha value is -0.163. The van der Waals surface area contributed by atoms with E-state index in [2.05, 4.69) is 49.8 Å². The molecule has 1 aromatic carbocycles. The summed E-state index contributed by atoms with van der Waals surface area (Å²) >= 11 is 15.7. The molecule has 2 nitrogen and oxygen atoms in total. The zero-order chi connectivity index (χ0) is 15.3. The van der Waals surface area contributed by atoms with Gasteiger partial charge >= 0.3 is 0 Å². The van der Waals surface area contributed by atoms with Crippen LogP contribution < -0.4 is 4.43 Å². The highest BCUT2D eigenvalue weighted by molar-refractivity contribution is 9.10. The molecule has 6 heteroatoms. The van der Waals surface area contributed by atoms with Crippen LogP contribution in [0.5, 0.6) is 5.75 Å². The van der Waals surface area contributed by atoms with E-state index < -0.39 is 8.32 Å². The van der Waals surface area contributed by atoms with E-state index in [9.17, 15) is 0 Å². The van der Waals surface area contributed by atoms with Gasteiger partial charge in [0.2, 0.25) is 4.67 Å². The van der Waals surface area contributed by atoms with Gasteiger partial charge in [-0.05, 0) is 40.1 Å². The summed E-state index contributed by atoms with van der Waals surface area (Å²) in [6.07, 6.45) is 0. The Kier molecular flexibility index (Phi) is 4.24. The molecule has 0 saturated heterocycles. The van der Waals surface area contributed by atoms with Crippen LogP contribution in [0.3, 0.4) is 0 Å². The molecule has 0 aliphatic rings. The fourth-order valence-corrected chi connectivity index (χ4v) is 3.77.